The fourth-order valence-electron chi connectivity index (χ4n) is 1.41. The maximum atomic E-state index is 11.9. The van der Waals surface area contributed by atoms with Gasteiger partial charge in [-0.25, -0.2) is 4.98 Å². The van der Waals surface area contributed by atoms with Crippen molar-refractivity contribution < 1.29 is 4.79 Å². The van der Waals surface area contributed by atoms with Gasteiger partial charge in [-0.3, -0.25) is 4.79 Å². The van der Waals surface area contributed by atoms with Crippen molar-refractivity contribution in [2.75, 3.05) is 0 Å². The zero-order valence-corrected chi connectivity index (χ0v) is 11.9. The van der Waals surface area contributed by atoms with Gasteiger partial charge in [-0.15, -0.1) is 11.3 Å². The lowest BCUT2D eigenvalue weighted by Crippen LogP contribution is -2.22. The van der Waals surface area contributed by atoms with E-state index < -0.39 is 0 Å². The second kappa shape index (κ2) is 5.69. The summed E-state index contributed by atoms with van der Waals surface area (Å²) < 4.78 is 0. The Hall–Kier alpha value is -1.10. The van der Waals surface area contributed by atoms with Crippen LogP contribution in [0.2, 0.25) is 10.0 Å². The molecule has 0 aliphatic heterocycles. The third-order valence-electron chi connectivity index (χ3n) is 2.25. The van der Waals surface area contributed by atoms with Crippen molar-refractivity contribution in [3.05, 3.63) is 49.9 Å². The van der Waals surface area contributed by atoms with Crippen LogP contribution in [0.15, 0.2) is 24.4 Å². The Labute approximate surface area is 119 Å². The summed E-state index contributed by atoms with van der Waals surface area (Å²) in [4.78, 5) is 17.2. The lowest BCUT2D eigenvalue weighted by molar-refractivity contribution is 0.0951. The number of aryl methyl sites for hydroxylation is 1. The summed E-state index contributed by atoms with van der Waals surface area (Å²) in [7, 11) is 0. The summed E-state index contributed by atoms with van der Waals surface area (Å²) in [5.74, 6) is -0.232. The van der Waals surface area contributed by atoms with E-state index in [0.29, 0.717) is 22.2 Å². The molecule has 1 heterocycles. The minimum atomic E-state index is -0.232. The van der Waals surface area contributed by atoms with E-state index >= 15 is 0 Å². The van der Waals surface area contributed by atoms with Crippen LogP contribution in [-0.2, 0) is 6.54 Å². The number of benzene rings is 1. The van der Waals surface area contributed by atoms with Gasteiger partial charge in [0.25, 0.3) is 5.91 Å². The van der Waals surface area contributed by atoms with E-state index in [-0.39, 0.29) is 5.91 Å². The van der Waals surface area contributed by atoms with Crippen molar-refractivity contribution >= 4 is 40.4 Å². The summed E-state index contributed by atoms with van der Waals surface area (Å²) in [6, 6.07) is 4.79. The first-order valence-corrected chi connectivity index (χ1v) is 6.78. The largest absolute Gasteiger partial charge is 0.345 e. The number of carbonyl (C=O) groups excluding carboxylic acids is 1. The molecule has 0 atom stereocenters. The third-order valence-corrected chi connectivity index (χ3v) is 3.71. The van der Waals surface area contributed by atoms with E-state index in [0.717, 1.165) is 9.88 Å². The fraction of sp³-hybridized carbons (Fsp3) is 0.167. The second-order valence-electron chi connectivity index (χ2n) is 3.67. The van der Waals surface area contributed by atoms with E-state index in [9.17, 15) is 4.79 Å². The summed E-state index contributed by atoms with van der Waals surface area (Å²) >= 11 is 13.3. The van der Waals surface area contributed by atoms with E-state index in [1.165, 1.54) is 0 Å². The van der Waals surface area contributed by atoms with Crippen LogP contribution in [0, 0.1) is 6.92 Å². The van der Waals surface area contributed by atoms with Gasteiger partial charge in [0.2, 0.25) is 0 Å². The topological polar surface area (TPSA) is 42.0 Å². The molecule has 0 radical (unpaired) electrons. The molecule has 2 aromatic rings. The van der Waals surface area contributed by atoms with Crippen molar-refractivity contribution in [3.63, 3.8) is 0 Å². The highest BCUT2D eigenvalue weighted by atomic mass is 35.5. The van der Waals surface area contributed by atoms with Gasteiger partial charge < -0.3 is 5.32 Å². The highest BCUT2D eigenvalue weighted by Gasteiger charge is 2.10. The molecule has 0 saturated carbocycles. The number of hydrogen-bond donors (Lipinski definition) is 1. The van der Waals surface area contributed by atoms with Crippen molar-refractivity contribution in [3.8, 4) is 0 Å². The van der Waals surface area contributed by atoms with Gasteiger partial charge >= 0.3 is 0 Å². The van der Waals surface area contributed by atoms with Crippen LogP contribution in [-0.4, -0.2) is 10.9 Å². The Morgan fingerprint density at radius 3 is 2.83 bits per heavy atom. The first kappa shape index (κ1) is 13.3. The SMILES string of the molecule is Cc1cnc(CNC(=O)c2ccc(Cl)cc2Cl)s1. The molecule has 0 spiro atoms. The van der Waals surface area contributed by atoms with Crippen molar-refractivity contribution in [2.45, 2.75) is 13.5 Å². The minimum Gasteiger partial charge on any atom is -0.345 e. The molecule has 0 aliphatic rings. The molecule has 0 fully saturated rings. The number of nitrogens with one attached hydrogen (secondary N) is 1. The van der Waals surface area contributed by atoms with Crippen LogP contribution >= 0.6 is 34.5 Å². The number of thiazole rings is 1. The van der Waals surface area contributed by atoms with Gasteiger partial charge in [-0.2, -0.15) is 0 Å². The quantitative estimate of drug-likeness (QED) is 0.939. The molecule has 1 aromatic carbocycles. The maximum absolute atomic E-state index is 11.9. The fourth-order valence-corrected chi connectivity index (χ4v) is 2.63. The summed E-state index contributed by atoms with van der Waals surface area (Å²) in [5, 5.41) is 4.49. The van der Waals surface area contributed by atoms with Crippen LogP contribution in [0.4, 0.5) is 0 Å². The van der Waals surface area contributed by atoms with Gasteiger partial charge in [-0.05, 0) is 25.1 Å². The smallest absolute Gasteiger partial charge is 0.253 e. The maximum Gasteiger partial charge on any atom is 0.253 e. The molecule has 0 saturated heterocycles. The van der Waals surface area contributed by atoms with Crippen LogP contribution in [0.25, 0.3) is 0 Å². The van der Waals surface area contributed by atoms with Crippen LogP contribution in [0.3, 0.4) is 0 Å². The molecule has 0 aliphatic carbocycles. The van der Waals surface area contributed by atoms with Crippen molar-refractivity contribution in [1.82, 2.24) is 10.3 Å². The number of carbonyl (C=O) groups is 1. The van der Waals surface area contributed by atoms with Gasteiger partial charge in [0.15, 0.2) is 0 Å². The molecule has 2 rings (SSSR count). The molecule has 94 valence electrons. The zero-order chi connectivity index (χ0) is 13.1. The van der Waals surface area contributed by atoms with Gasteiger partial charge in [0, 0.05) is 16.1 Å². The average Bonchev–Trinajstić information content (AvgIpc) is 2.72. The van der Waals surface area contributed by atoms with Crippen molar-refractivity contribution in [2.24, 2.45) is 0 Å². The molecule has 6 heteroatoms. The Bertz CT molecular complexity index is 583. The molecular formula is C12H10Cl2N2OS. The molecule has 0 unspecified atom stereocenters. The normalized spacial score (nSPS) is 10.4. The second-order valence-corrected chi connectivity index (χ2v) is 5.83. The first-order valence-electron chi connectivity index (χ1n) is 5.21. The molecule has 1 amide bonds. The Morgan fingerprint density at radius 2 is 2.22 bits per heavy atom. The number of rotatable bonds is 3. The van der Waals surface area contributed by atoms with Gasteiger partial charge in [0.1, 0.15) is 5.01 Å². The molecule has 18 heavy (non-hydrogen) atoms. The number of halogens is 2. The third kappa shape index (κ3) is 3.22. The highest BCUT2D eigenvalue weighted by Crippen LogP contribution is 2.21. The Morgan fingerprint density at radius 1 is 1.44 bits per heavy atom. The number of hydrogen-bond acceptors (Lipinski definition) is 3. The van der Waals surface area contributed by atoms with Gasteiger partial charge in [-0.1, -0.05) is 23.2 Å². The standard InChI is InChI=1S/C12H10Cl2N2OS/c1-7-5-15-11(18-7)6-16-12(17)9-3-2-8(13)4-10(9)14/h2-5H,6H2,1H3,(H,16,17). The van der Waals surface area contributed by atoms with Crippen molar-refractivity contribution in [1.29, 1.82) is 0 Å². The predicted octanol–water partition coefficient (Wildman–Crippen LogP) is 3.69. The molecule has 0 bridgehead atoms. The summed E-state index contributed by atoms with van der Waals surface area (Å²) in [6.45, 7) is 2.37. The van der Waals surface area contributed by atoms with Crippen LogP contribution in [0.1, 0.15) is 20.2 Å². The molecular weight excluding hydrogens is 291 g/mol. The number of nitrogens with zero attached hydrogens (tertiary/aromatic N) is 1. The number of amides is 1. The van der Waals surface area contributed by atoms with Crippen LogP contribution < -0.4 is 5.32 Å². The molecule has 3 nitrogen and oxygen atoms in total. The van der Waals surface area contributed by atoms with E-state index in [1.54, 1.807) is 35.7 Å². The van der Waals surface area contributed by atoms with E-state index in [1.807, 2.05) is 6.92 Å². The average molecular weight is 301 g/mol. The number of aromatic nitrogens is 1. The zero-order valence-electron chi connectivity index (χ0n) is 9.54. The lowest BCUT2D eigenvalue weighted by Gasteiger charge is -2.05. The summed E-state index contributed by atoms with van der Waals surface area (Å²) in [5.41, 5.74) is 0.411. The Kier molecular flexibility index (Phi) is 4.22. The van der Waals surface area contributed by atoms with Crippen LogP contribution in [0.5, 0.6) is 0 Å². The first-order chi connectivity index (χ1) is 8.56. The predicted molar refractivity (Wildman–Crippen MR) is 74.5 cm³/mol. The van der Waals surface area contributed by atoms with E-state index in [2.05, 4.69) is 10.3 Å². The van der Waals surface area contributed by atoms with E-state index in [4.69, 9.17) is 23.2 Å². The summed E-state index contributed by atoms with van der Waals surface area (Å²) in [6.07, 6.45) is 1.78. The molecule has 1 aromatic heterocycles. The monoisotopic (exact) mass is 300 g/mol. The minimum absolute atomic E-state index is 0.232. The highest BCUT2D eigenvalue weighted by molar-refractivity contribution is 7.11. The molecule has 1 N–H and O–H groups in total. The Balaban J connectivity index is 2.03. The van der Waals surface area contributed by atoms with Gasteiger partial charge in [0.05, 0.1) is 17.1 Å². The lowest BCUT2D eigenvalue weighted by atomic mass is 10.2.